The quantitative estimate of drug-likeness (QED) is 0.513. The molecule has 0 saturated carbocycles. The maximum absolute atomic E-state index is 5.66. The fraction of sp³-hybridized carbons (Fsp3) is 0.875. The molecule has 2 heterocycles. The zero-order valence-electron chi connectivity index (χ0n) is 12.4. The van der Waals surface area contributed by atoms with Gasteiger partial charge in [-0.05, 0) is 45.1 Å². The van der Waals surface area contributed by atoms with Gasteiger partial charge in [-0.2, -0.15) is 0 Å². The van der Waals surface area contributed by atoms with Crippen LogP contribution in [0.2, 0.25) is 0 Å². The molecule has 2 bridgehead atoms. The summed E-state index contributed by atoms with van der Waals surface area (Å²) in [5.74, 6) is 0. The average Bonchev–Trinajstić information content (AvgIpc) is 2.67. The highest BCUT2D eigenvalue weighted by molar-refractivity contribution is 4.97. The summed E-state index contributed by atoms with van der Waals surface area (Å²) in [6.45, 7) is 9.97. The third kappa shape index (κ3) is 4.30. The third-order valence-corrected chi connectivity index (χ3v) is 4.53. The molecule has 0 aromatic heterocycles. The van der Waals surface area contributed by atoms with E-state index in [4.69, 9.17) is 4.74 Å². The lowest BCUT2D eigenvalue weighted by Gasteiger charge is -2.39. The minimum absolute atomic E-state index is 0.760. The molecule has 0 amide bonds. The largest absolute Gasteiger partial charge is 0.380 e. The molecule has 2 fully saturated rings. The van der Waals surface area contributed by atoms with Crippen molar-refractivity contribution in [2.45, 2.75) is 63.6 Å². The van der Waals surface area contributed by atoms with Gasteiger partial charge in [0.1, 0.15) is 0 Å². The van der Waals surface area contributed by atoms with Crippen molar-refractivity contribution in [2.24, 2.45) is 0 Å². The first kappa shape index (κ1) is 15.0. The molecule has 3 nitrogen and oxygen atoms in total. The second kappa shape index (κ2) is 8.03. The van der Waals surface area contributed by atoms with Crippen LogP contribution in [0.5, 0.6) is 0 Å². The zero-order chi connectivity index (χ0) is 13.5. The summed E-state index contributed by atoms with van der Waals surface area (Å²) >= 11 is 0. The summed E-state index contributed by atoms with van der Waals surface area (Å²) in [6, 6.07) is 2.36. The average molecular weight is 266 g/mol. The number of nitrogens with one attached hydrogen (secondary N) is 1. The minimum Gasteiger partial charge on any atom is -0.380 e. The summed E-state index contributed by atoms with van der Waals surface area (Å²) in [5, 5.41) is 3.71. The van der Waals surface area contributed by atoms with Crippen LogP contribution in [0.4, 0.5) is 0 Å². The van der Waals surface area contributed by atoms with Gasteiger partial charge in [0.2, 0.25) is 0 Å². The van der Waals surface area contributed by atoms with Gasteiger partial charge >= 0.3 is 0 Å². The molecule has 0 aromatic rings. The van der Waals surface area contributed by atoms with E-state index in [0.29, 0.717) is 0 Å². The SMILES string of the molecule is C=CCCOCCN1C2CCC1CC(NCCC)C2. The van der Waals surface area contributed by atoms with Crippen molar-refractivity contribution in [3.05, 3.63) is 12.7 Å². The Morgan fingerprint density at radius 1 is 1.26 bits per heavy atom. The third-order valence-electron chi connectivity index (χ3n) is 4.53. The lowest BCUT2D eigenvalue weighted by atomic mass is 9.97. The van der Waals surface area contributed by atoms with Crippen molar-refractivity contribution < 1.29 is 4.74 Å². The van der Waals surface area contributed by atoms with E-state index < -0.39 is 0 Å². The van der Waals surface area contributed by atoms with Crippen LogP contribution in [0.15, 0.2) is 12.7 Å². The van der Waals surface area contributed by atoms with Crippen molar-refractivity contribution in [1.29, 1.82) is 0 Å². The standard InChI is InChI=1S/C16H30N2O/c1-3-5-10-19-11-9-18-15-6-7-16(18)13-14(12-15)17-8-4-2/h3,14-17H,1,4-13H2,2H3. The molecular formula is C16H30N2O. The summed E-state index contributed by atoms with van der Waals surface area (Å²) in [6.07, 6.45) is 9.59. The van der Waals surface area contributed by atoms with Crippen molar-refractivity contribution in [3.8, 4) is 0 Å². The normalized spacial score (nSPS) is 30.7. The Morgan fingerprint density at radius 3 is 2.63 bits per heavy atom. The van der Waals surface area contributed by atoms with Gasteiger partial charge < -0.3 is 10.1 Å². The van der Waals surface area contributed by atoms with Crippen molar-refractivity contribution in [1.82, 2.24) is 10.2 Å². The Hall–Kier alpha value is -0.380. The number of piperidine rings is 1. The van der Waals surface area contributed by atoms with Gasteiger partial charge in [-0.1, -0.05) is 13.0 Å². The Kier molecular flexibility index (Phi) is 6.35. The second-order valence-corrected chi connectivity index (χ2v) is 5.93. The van der Waals surface area contributed by atoms with E-state index in [1.165, 1.54) is 38.6 Å². The van der Waals surface area contributed by atoms with Crippen molar-refractivity contribution in [2.75, 3.05) is 26.3 Å². The summed E-state index contributed by atoms with van der Waals surface area (Å²) in [7, 11) is 0. The first-order chi connectivity index (χ1) is 9.35. The number of hydrogen-bond donors (Lipinski definition) is 1. The van der Waals surface area contributed by atoms with Crippen LogP contribution in [0.3, 0.4) is 0 Å². The summed E-state index contributed by atoms with van der Waals surface area (Å²) < 4.78 is 5.66. The number of nitrogens with zero attached hydrogens (tertiary/aromatic N) is 1. The van der Waals surface area contributed by atoms with Crippen LogP contribution < -0.4 is 5.32 Å². The molecule has 0 aromatic carbocycles. The van der Waals surface area contributed by atoms with Crippen LogP contribution in [0, 0.1) is 0 Å². The lowest BCUT2D eigenvalue weighted by molar-refractivity contribution is 0.0605. The second-order valence-electron chi connectivity index (χ2n) is 5.93. The van der Waals surface area contributed by atoms with E-state index in [9.17, 15) is 0 Å². The van der Waals surface area contributed by atoms with Crippen LogP contribution in [0.1, 0.15) is 45.4 Å². The molecule has 0 spiro atoms. The molecule has 0 radical (unpaired) electrons. The van der Waals surface area contributed by atoms with E-state index in [1.54, 1.807) is 0 Å². The van der Waals surface area contributed by atoms with Gasteiger partial charge in [0.15, 0.2) is 0 Å². The summed E-state index contributed by atoms with van der Waals surface area (Å²) in [5.41, 5.74) is 0. The first-order valence-corrected chi connectivity index (χ1v) is 8.03. The van der Waals surface area contributed by atoms with Gasteiger partial charge in [-0.3, -0.25) is 4.90 Å². The predicted molar refractivity (Wildman–Crippen MR) is 80.5 cm³/mol. The highest BCUT2D eigenvalue weighted by atomic mass is 16.5. The van der Waals surface area contributed by atoms with Crippen molar-refractivity contribution >= 4 is 0 Å². The van der Waals surface area contributed by atoms with Gasteiger partial charge in [-0.15, -0.1) is 6.58 Å². The highest BCUT2D eigenvalue weighted by Gasteiger charge is 2.39. The first-order valence-electron chi connectivity index (χ1n) is 8.03. The molecule has 2 atom stereocenters. The van der Waals surface area contributed by atoms with E-state index >= 15 is 0 Å². The highest BCUT2D eigenvalue weighted by Crippen LogP contribution is 2.35. The fourth-order valence-corrected chi connectivity index (χ4v) is 3.59. The summed E-state index contributed by atoms with van der Waals surface area (Å²) in [4.78, 5) is 2.71. The maximum atomic E-state index is 5.66. The van der Waals surface area contributed by atoms with Crippen LogP contribution in [-0.2, 0) is 4.74 Å². The fourth-order valence-electron chi connectivity index (χ4n) is 3.59. The molecule has 3 heteroatoms. The number of hydrogen-bond acceptors (Lipinski definition) is 3. The van der Waals surface area contributed by atoms with Crippen molar-refractivity contribution in [3.63, 3.8) is 0 Å². The van der Waals surface area contributed by atoms with Crippen LogP contribution in [0.25, 0.3) is 0 Å². The molecule has 110 valence electrons. The van der Waals surface area contributed by atoms with Gasteiger partial charge in [-0.25, -0.2) is 0 Å². The zero-order valence-corrected chi connectivity index (χ0v) is 12.4. The molecule has 2 aliphatic rings. The van der Waals surface area contributed by atoms with Crippen LogP contribution >= 0.6 is 0 Å². The number of rotatable bonds is 9. The molecule has 1 N–H and O–H groups in total. The smallest absolute Gasteiger partial charge is 0.0593 e. The van der Waals surface area contributed by atoms with E-state index in [0.717, 1.165) is 44.3 Å². The maximum Gasteiger partial charge on any atom is 0.0593 e. The van der Waals surface area contributed by atoms with Gasteiger partial charge in [0, 0.05) is 24.7 Å². The lowest BCUT2D eigenvalue weighted by Crippen LogP contribution is -2.50. The Bertz CT molecular complexity index is 255. The molecule has 2 saturated heterocycles. The van der Waals surface area contributed by atoms with E-state index in [-0.39, 0.29) is 0 Å². The molecule has 2 aliphatic heterocycles. The topological polar surface area (TPSA) is 24.5 Å². The van der Waals surface area contributed by atoms with Gasteiger partial charge in [0.05, 0.1) is 13.2 Å². The number of fused-ring (bicyclic) bond motifs is 2. The number of ether oxygens (including phenoxy) is 1. The Morgan fingerprint density at radius 2 is 2.00 bits per heavy atom. The Labute approximate surface area is 118 Å². The van der Waals surface area contributed by atoms with E-state index in [2.05, 4.69) is 23.7 Å². The molecule has 2 unspecified atom stereocenters. The predicted octanol–water partition coefficient (Wildman–Crippen LogP) is 2.57. The van der Waals surface area contributed by atoms with Gasteiger partial charge in [0.25, 0.3) is 0 Å². The molecule has 19 heavy (non-hydrogen) atoms. The van der Waals surface area contributed by atoms with E-state index in [1.807, 2.05) is 6.08 Å². The molecule has 0 aliphatic carbocycles. The molecular weight excluding hydrogens is 236 g/mol. The monoisotopic (exact) mass is 266 g/mol. The minimum atomic E-state index is 0.760. The molecule has 2 rings (SSSR count). The van der Waals surface area contributed by atoms with Crippen LogP contribution in [-0.4, -0.2) is 49.3 Å². The Balaban J connectivity index is 1.68.